The first kappa shape index (κ1) is 21.7. The molecule has 1 rings (SSSR count). The highest BCUT2D eigenvalue weighted by Crippen LogP contribution is 2.35. The van der Waals surface area contributed by atoms with Gasteiger partial charge in [0.1, 0.15) is 6.17 Å². The number of hydrogen-bond acceptors (Lipinski definition) is 3. The van der Waals surface area contributed by atoms with Gasteiger partial charge in [0, 0.05) is 12.3 Å². The van der Waals surface area contributed by atoms with Crippen molar-refractivity contribution in [2.24, 2.45) is 17.0 Å². The summed E-state index contributed by atoms with van der Waals surface area (Å²) in [5.41, 5.74) is 0.835. The Balaban J connectivity index is 2.38. The summed E-state index contributed by atoms with van der Waals surface area (Å²) in [6, 6.07) is 0. The van der Waals surface area contributed by atoms with E-state index in [-0.39, 0.29) is 18.3 Å². The molecule has 1 aliphatic carbocycles. The van der Waals surface area contributed by atoms with E-state index < -0.39 is 12.1 Å². The Morgan fingerprint density at radius 1 is 1.28 bits per heavy atom. The molecule has 0 aromatic heterocycles. The first-order valence-corrected chi connectivity index (χ1v) is 9.83. The van der Waals surface area contributed by atoms with Crippen LogP contribution in [0.3, 0.4) is 0 Å². The number of nitrogens with zero attached hydrogens (tertiary/aromatic N) is 1. The van der Waals surface area contributed by atoms with E-state index in [1.54, 1.807) is 6.08 Å². The average Bonchev–Trinajstić information content (AvgIpc) is 2.98. The summed E-state index contributed by atoms with van der Waals surface area (Å²) in [5.74, 6) is -0.284. The number of carboxylic acid groups (broad SMARTS) is 1. The second-order valence-corrected chi connectivity index (χ2v) is 7.14. The van der Waals surface area contributed by atoms with Gasteiger partial charge in [0.05, 0.1) is 5.71 Å². The van der Waals surface area contributed by atoms with Gasteiger partial charge in [0.25, 0.3) is 0 Å². The summed E-state index contributed by atoms with van der Waals surface area (Å²) in [5, 5.41) is 21.3. The quantitative estimate of drug-likeness (QED) is 0.191. The number of aliphatic carboxylic acids is 1. The Morgan fingerprint density at radius 3 is 2.72 bits per heavy atom. The van der Waals surface area contributed by atoms with Crippen LogP contribution in [-0.4, -0.2) is 28.2 Å². The summed E-state index contributed by atoms with van der Waals surface area (Å²) < 4.78 is 13.9. The van der Waals surface area contributed by atoms with Gasteiger partial charge < -0.3 is 10.3 Å². The van der Waals surface area contributed by atoms with Crippen molar-refractivity contribution in [1.82, 2.24) is 0 Å². The summed E-state index contributed by atoms with van der Waals surface area (Å²) in [6.45, 7) is 2.11. The Kier molecular flexibility index (Phi) is 11.2. The molecule has 0 bridgehead atoms. The van der Waals surface area contributed by atoms with Crippen LogP contribution in [0.5, 0.6) is 0 Å². The molecule has 1 aliphatic rings. The minimum Gasteiger partial charge on any atom is -0.481 e. The van der Waals surface area contributed by atoms with Crippen molar-refractivity contribution in [3.8, 4) is 0 Å². The van der Waals surface area contributed by atoms with Gasteiger partial charge >= 0.3 is 5.97 Å². The molecule has 0 aliphatic heterocycles. The van der Waals surface area contributed by atoms with E-state index in [1.807, 2.05) is 6.08 Å². The fourth-order valence-electron chi connectivity index (χ4n) is 3.63. The zero-order valence-corrected chi connectivity index (χ0v) is 15.5. The molecule has 1 saturated carbocycles. The van der Waals surface area contributed by atoms with Crippen LogP contribution in [0, 0.1) is 11.8 Å². The lowest BCUT2D eigenvalue weighted by Crippen LogP contribution is -2.14. The van der Waals surface area contributed by atoms with E-state index in [1.165, 1.54) is 0 Å². The first-order valence-electron chi connectivity index (χ1n) is 9.83. The fourth-order valence-corrected chi connectivity index (χ4v) is 3.63. The van der Waals surface area contributed by atoms with E-state index in [0.29, 0.717) is 12.8 Å². The van der Waals surface area contributed by atoms with Crippen molar-refractivity contribution >= 4 is 11.7 Å². The van der Waals surface area contributed by atoms with Crippen molar-refractivity contribution in [2.45, 2.75) is 90.1 Å². The number of allylic oxidation sites excluding steroid dienone is 2. The third kappa shape index (κ3) is 9.03. The van der Waals surface area contributed by atoms with Crippen molar-refractivity contribution in [3.63, 3.8) is 0 Å². The highest BCUT2D eigenvalue weighted by atomic mass is 19.1. The summed E-state index contributed by atoms with van der Waals surface area (Å²) in [4.78, 5) is 10.5. The van der Waals surface area contributed by atoms with Crippen LogP contribution < -0.4 is 0 Å². The lowest BCUT2D eigenvalue weighted by Gasteiger charge is -2.16. The number of rotatable bonds is 13. The Hall–Kier alpha value is -1.39. The molecule has 0 saturated heterocycles. The number of carbonyl (C=O) groups is 1. The maximum absolute atomic E-state index is 13.9. The molecule has 144 valence electrons. The van der Waals surface area contributed by atoms with Crippen LogP contribution in [0.4, 0.5) is 4.39 Å². The first-order chi connectivity index (χ1) is 12.1. The molecule has 1 fully saturated rings. The highest BCUT2D eigenvalue weighted by molar-refractivity contribution is 5.88. The van der Waals surface area contributed by atoms with Gasteiger partial charge in [-0.2, -0.15) is 0 Å². The molecule has 4 nitrogen and oxygen atoms in total. The molecular weight excluding hydrogens is 321 g/mol. The average molecular weight is 355 g/mol. The van der Waals surface area contributed by atoms with E-state index in [4.69, 9.17) is 5.11 Å². The summed E-state index contributed by atoms with van der Waals surface area (Å²) >= 11 is 0. The van der Waals surface area contributed by atoms with Crippen LogP contribution in [0.25, 0.3) is 0 Å². The molecule has 0 aromatic rings. The largest absolute Gasteiger partial charge is 0.481 e. The summed E-state index contributed by atoms with van der Waals surface area (Å²) in [6.07, 6.45) is 13.0. The highest BCUT2D eigenvalue weighted by Gasteiger charge is 2.31. The number of carboxylic acids is 1. The molecule has 0 radical (unpaired) electrons. The molecule has 0 heterocycles. The van der Waals surface area contributed by atoms with Gasteiger partial charge in [0.2, 0.25) is 0 Å². The predicted octanol–water partition coefficient (Wildman–Crippen LogP) is 5.74. The number of oxime groups is 1. The molecule has 0 aromatic carbocycles. The zero-order chi connectivity index (χ0) is 18.5. The summed E-state index contributed by atoms with van der Waals surface area (Å²) in [7, 11) is 0. The SMILES string of the molecule is CCCCCC(F)/C=C/[C@H]1CCC(=NO)[C@@H]1CCCCCCC(=O)O. The molecule has 3 atom stereocenters. The van der Waals surface area contributed by atoms with Crippen molar-refractivity contribution in [3.05, 3.63) is 12.2 Å². The van der Waals surface area contributed by atoms with Crippen LogP contribution in [-0.2, 0) is 4.79 Å². The Bertz CT molecular complexity index is 437. The second kappa shape index (κ2) is 12.9. The van der Waals surface area contributed by atoms with Crippen molar-refractivity contribution < 1.29 is 19.5 Å². The van der Waals surface area contributed by atoms with Crippen molar-refractivity contribution in [1.29, 1.82) is 0 Å². The fraction of sp³-hybridized carbons (Fsp3) is 0.800. The Labute approximate surface area is 151 Å². The van der Waals surface area contributed by atoms with Gasteiger partial charge in [-0.05, 0) is 38.0 Å². The van der Waals surface area contributed by atoms with E-state index >= 15 is 0 Å². The number of unbranched alkanes of at least 4 members (excludes halogenated alkanes) is 5. The monoisotopic (exact) mass is 355 g/mol. The standard InChI is InChI=1S/C20H34FNO3/c1-2-3-6-9-17(21)14-12-16-13-15-19(22-25)18(16)10-7-4-5-8-11-20(23)24/h12,14,16-18,25H,2-11,13,15H2,1H3,(H,23,24)/b14-12+,22-19?/t16-,17?,18+/m0/s1. The lowest BCUT2D eigenvalue weighted by molar-refractivity contribution is -0.137. The maximum Gasteiger partial charge on any atom is 0.303 e. The van der Waals surface area contributed by atoms with E-state index in [9.17, 15) is 14.4 Å². The third-order valence-electron chi connectivity index (χ3n) is 5.11. The topological polar surface area (TPSA) is 69.9 Å². The van der Waals surface area contributed by atoms with Crippen LogP contribution >= 0.6 is 0 Å². The van der Waals surface area contributed by atoms with Gasteiger partial charge in [-0.25, -0.2) is 4.39 Å². The molecule has 0 spiro atoms. The van der Waals surface area contributed by atoms with Crippen LogP contribution in [0.2, 0.25) is 0 Å². The number of hydrogen-bond donors (Lipinski definition) is 2. The van der Waals surface area contributed by atoms with E-state index in [2.05, 4.69) is 12.1 Å². The van der Waals surface area contributed by atoms with Crippen molar-refractivity contribution in [2.75, 3.05) is 0 Å². The van der Waals surface area contributed by atoms with Gasteiger partial charge in [0.15, 0.2) is 0 Å². The minimum atomic E-state index is -0.877. The third-order valence-corrected chi connectivity index (χ3v) is 5.11. The molecule has 25 heavy (non-hydrogen) atoms. The van der Waals surface area contributed by atoms with Gasteiger partial charge in [-0.1, -0.05) is 62.8 Å². The van der Waals surface area contributed by atoms with Gasteiger partial charge in [-0.3, -0.25) is 4.79 Å². The second-order valence-electron chi connectivity index (χ2n) is 7.14. The van der Waals surface area contributed by atoms with Crippen LogP contribution in [0.1, 0.15) is 84.0 Å². The van der Waals surface area contributed by atoms with E-state index in [0.717, 1.165) is 63.5 Å². The molecule has 1 unspecified atom stereocenters. The maximum atomic E-state index is 13.9. The number of halogens is 1. The molecule has 5 heteroatoms. The lowest BCUT2D eigenvalue weighted by atomic mass is 9.89. The van der Waals surface area contributed by atoms with Gasteiger partial charge in [-0.15, -0.1) is 0 Å². The van der Waals surface area contributed by atoms with Crippen LogP contribution in [0.15, 0.2) is 17.3 Å². The smallest absolute Gasteiger partial charge is 0.303 e. The normalized spacial score (nSPS) is 23.5. The molecular formula is C20H34FNO3. The minimum absolute atomic E-state index is 0.198. The molecule has 0 amide bonds. The number of alkyl halides is 1. The molecule has 2 N–H and O–H groups in total. The predicted molar refractivity (Wildman–Crippen MR) is 99.0 cm³/mol. The Morgan fingerprint density at radius 2 is 2.04 bits per heavy atom. The zero-order valence-electron chi connectivity index (χ0n) is 15.5.